The first kappa shape index (κ1) is 25.3. The quantitative estimate of drug-likeness (QED) is 0.245. The van der Waals surface area contributed by atoms with Crippen molar-refractivity contribution in [1.82, 2.24) is 21.3 Å². The number of amides is 3. The molecule has 1 aliphatic rings. The van der Waals surface area contributed by atoms with Crippen LogP contribution in [0.2, 0.25) is 0 Å². The molecule has 4 unspecified atom stereocenters. The predicted molar refractivity (Wildman–Crippen MR) is 106 cm³/mol. The topological polar surface area (TPSA) is 174 Å². The van der Waals surface area contributed by atoms with E-state index in [0.29, 0.717) is 6.42 Å². The Morgan fingerprint density at radius 1 is 0.900 bits per heavy atom. The van der Waals surface area contributed by atoms with Crippen molar-refractivity contribution in [2.45, 2.75) is 71.1 Å². The van der Waals surface area contributed by atoms with Gasteiger partial charge < -0.3 is 31.5 Å². The van der Waals surface area contributed by atoms with Crippen molar-refractivity contribution in [3.05, 3.63) is 0 Å². The Hall–Kier alpha value is -2.69. The maximum absolute atomic E-state index is 12.8. The van der Waals surface area contributed by atoms with Crippen molar-refractivity contribution in [3.63, 3.8) is 0 Å². The van der Waals surface area contributed by atoms with Gasteiger partial charge in [-0.05, 0) is 31.2 Å². The highest BCUT2D eigenvalue weighted by molar-refractivity contribution is 5.94. The second-order valence-corrected chi connectivity index (χ2v) is 8.11. The standard InChI is InChI=1S/C19H32N4O7/c1-9(2)14(17(27)21-12(19(29)30)8-13(24)25)23-18(28)15(10(3)4)22-16(26)11-6-5-7-20-11/h9-12,14-15,20H,5-8H2,1-4H3,(H,21,27)(H,22,26)(H,23,28)(H,24,25)(H,29,30). The molecule has 0 aromatic carbocycles. The van der Waals surface area contributed by atoms with Crippen LogP contribution >= 0.6 is 0 Å². The third-order valence-electron chi connectivity index (χ3n) is 4.86. The number of hydrogen-bond acceptors (Lipinski definition) is 6. The van der Waals surface area contributed by atoms with Crippen LogP contribution in [0.3, 0.4) is 0 Å². The Kier molecular flexibility index (Phi) is 9.70. The minimum atomic E-state index is -1.62. The lowest BCUT2D eigenvalue weighted by Crippen LogP contribution is -2.59. The van der Waals surface area contributed by atoms with Gasteiger partial charge in [-0.2, -0.15) is 0 Å². The van der Waals surface area contributed by atoms with Gasteiger partial charge in [0, 0.05) is 0 Å². The minimum absolute atomic E-state index is 0.259. The molecule has 11 heteroatoms. The van der Waals surface area contributed by atoms with E-state index in [1.165, 1.54) is 0 Å². The third-order valence-corrected chi connectivity index (χ3v) is 4.86. The summed E-state index contributed by atoms with van der Waals surface area (Å²) in [6.45, 7) is 7.55. The maximum atomic E-state index is 12.8. The normalized spacial score (nSPS) is 19.1. The smallest absolute Gasteiger partial charge is 0.326 e. The number of carboxylic acid groups (broad SMARTS) is 2. The number of aliphatic carboxylic acids is 2. The van der Waals surface area contributed by atoms with E-state index in [0.717, 1.165) is 13.0 Å². The maximum Gasteiger partial charge on any atom is 0.326 e. The lowest BCUT2D eigenvalue weighted by molar-refractivity contribution is -0.147. The number of nitrogens with one attached hydrogen (secondary N) is 4. The molecule has 1 fully saturated rings. The monoisotopic (exact) mass is 428 g/mol. The van der Waals surface area contributed by atoms with Gasteiger partial charge in [0.1, 0.15) is 18.1 Å². The van der Waals surface area contributed by atoms with Gasteiger partial charge in [-0.15, -0.1) is 0 Å². The first-order chi connectivity index (χ1) is 13.9. The minimum Gasteiger partial charge on any atom is -0.481 e. The predicted octanol–water partition coefficient (Wildman–Crippen LogP) is -0.936. The molecule has 170 valence electrons. The van der Waals surface area contributed by atoms with E-state index < -0.39 is 54.2 Å². The Bertz CT molecular complexity index is 659. The lowest BCUT2D eigenvalue weighted by Gasteiger charge is -2.28. The second kappa shape index (κ2) is 11.5. The van der Waals surface area contributed by atoms with Gasteiger partial charge >= 0.3 is 11.9 Å². The number of carbonyl (C=O) groups is 5. The molecule has 6 N–H and O–H groups in total. The summed E-state index contributed by atoms with van der Waals surface area (Å²) < 4.78 is 0. The molecule has 0 radical (unpaired) electrons. The molecule has 0 saturated carbocycles. The van der Waals surface area contributed by atoms with Crippen LogP contribution in [0, 0.1) is 11.8 Å². The Labute approximate surface area is 175 Å². The number of hydrogen-bond donors (Lipinski definition) is 6. The summed E-state index contributed by atoms with van der Waals surface area (Å²) in [6.07, 6.45) is 0.752. The molecule has 0 aliphatic carbocycles. The molecule has 1 heterocycles. The van der Waals surface area contributed by atoms with Crippen LogP contribution in [0.1, 0.15) is 47.0 Å². The van der Waals surface area contributed by atoms with E-state index in [4.69, 9.17) is 10.2 Å². The zero-order valence-electron chi connectivity index (χ0n) is 17.7. The lowest BCUT2D eigenvalue weighted by atomic mass is 9.99. The SMILES string of the molecule is CC(C)C(NC(=O)C1CCCN1)C(=O)NC(C(=O)NC(CC(=O)O)C(=O)O)C(C)C. The molecule has 0 spiro atoms. The van der Waals surface area contributed by atoms with Crippen LogP contribution in [0.5, 0.6) is 0 Å². The highest BCUT2D eigenvalue weighted by atomic mass is 16.4. The Morgan fingerprint density at radius 3 is 1.87 bits per heavy atom. The first-order valence-corrected chi connectivity index (χ1v) is 10.0. The number of rotatable bonds is 11. The van der Waals surface area contributed by atoms with Gasteiger partial charge in [0.15, 0.2) is 0 Å². The molecule has 1 rings (SSSR count). The van der Waals surface area contributed by atoms with E-state index in [1.54, 1.807) is 27.7 Å². The molecular weight excluding hydrogens is 396 g/mol. The summed E-state index contributed by atoms with van der Waals surface area (Å²) in [5.41, 5.74) is 0. The van der Waals surface area contributed by atoms with Gasteiger partial charge in [-0.3, -0.25) is 19.2 Å². The van der Waals surface area contributed by atoms with E-state index in [-0.39, 0.29) is 17.9 Å². The van der Waals surface area contributed by atoms with Crippen molar-refractivity contribution < 1.29 is 34.2 Å². The van der Waals surface area contributed by atoms with Crippen molar-refractivity contribution in [2.24, 2.45) is 11.8 Å². The Morgan fingerprint density at radius 2 is 1.43 bits per heavy atom. The van der Waals surface area contributed by atoms with Crippen LogP contribution < -0.4 is 21.3 Å². The molecule has 1 saturated heterocycles. The molecule has 3 amide bonds. The summed E-state index contributed by atoms with van der Waals surface area (Å²) in [4.78, 5) is 59.8. The summed E-state index contributed by atoms with van der Waals surface area (Å²) in [5, 5.41) is 28.4. The van der Waals surface area contributed by atoms with Gasteiger partial charge in [0.2, 0.25) is 17.7 Å². The first-order valence-electron chi connectivity index (χ1n) is 10.0. The Balaban J connectivity index is 2.85. The van der Waals surface area contributed by atoms with Crippen LogP contribution in [-0.4, -0.2) is 70.6 Å². The van der Waals surface area contributed by atoms with Crippen molar-refractivity contribution >= 4 is 29.7 Å². The molecule has 0 bridgehead atoms. The number of carbonyl (C=O) groups excluding carboxylic acids is 3. The van der Waals surface area contributed by atoms with Gasteiger partial charge in [0.05, 0.1) is 12.5 Å². The summed E-state index contributed by atoms with van der Waals surface area (Å²) >= 11 is 0. The van der Waals surface area contributed by atoms with Crippen LogP contribution in [0.25, 0.3) is 0 Å². The van der Waals surface area contributed by atoms with E-state index >= 15 is 0 Å². The van der Waals surface area contributed by atoms with Crippen LogP contribution in [0.15, 0.2) is 0 Å². The fraction of sp³-hybridized carbons (Fsp3) is 0.737. The van der Waals surface area contributed by atoms with E-state index in [2.05, 4.69) is 21.3 Å². The zero-order valence-corrected chi connectivity index (χ0v) is 17.7. The van der Waals surface area contributed by atoms with Crippen molar-refractivity contribution in [1.29, 1.82) is 0 Å². The largest absolute Gasteiger partial charge is 0.481 e. The summed E-state index contributed by atoms with van der Waals surface area (Å²) in [6, 6.07) is -3.98. The van der Waals surface area contributed by atoms with E-state index in [9.17, 15) is 24.0 Å². The molecule has 30 heavy (non-hydrogen) atoms. The number of carboxylic acids is 2. The zero-order chi connectivity index (χ0) is 23.0. The molecule has 11 nitrogen and oxygen atoms in total. The van der Waals surface area contributed by atoms with Crippen LogP contribution in [-0.2, 0) is 24.0 Å². The summed E-state index contributed by atoms with van der Waals surface area (Å²) in [5.74, 6) is -5.21. The van der Waals surface area contributed by atoms with Crippen LogP contribution in [0.4, 0.5) is 0 Å². The fourth-order valence-electron chi connectivity index (χ4n) is 3.11. The molecular formula is C19H32N4O7. The van der Waals surface area contributed by atoms with E-state index in [1.807, 2.05) is 0 Å². The third kappa shape index (κ3) is 7.62. The van der Waals surface area contributed by atoms with Gasteiger partial charge in [-0.1, -0.05) is 27.7 Å². The highest BCUT2D eigenvalue weighted by Gasteiger charge is 2.34. The van der Waals surface area contributed by atoms with Gasteiger partial charge in [-0.25, -0.2) is 4.79 Å². The van der Waals surface area contributed by atoms with Crippen molar-refractivity contribution in [3.8, 4) is 0 Å². The van der Waals surface area contributed by atoms with Gasteiger partial charge in [0.25, 0.3) is 0 Å². The second-order valence-electron chi connectivity index (χ2n) is 8.11. The molecule has 1 aliphatic heterocycles. The molecule has 4 atom stereocenters. The average Bonchev–Trinajstić information content (AvgIpc) is 3.16. The average molecular weight is 428 g/mol. The van der Waals surface area contributed by atoms with Crippen molar-refractivity contribution in [2.75, 3.05) is 6.54 Å². The molecule has 0 aromatic heterocycles. The highest BCUT2D eigenvalue weighted by Crippen LogP contribution is 2.10. The molecule has 0 aromatic rings. The summed E-state index contributed by atoms with van der Waals surface area (Å²) in [7, 11) is 0. The fourth-order valence-corrected chi connectivity index (χ4v) is 3.11.